The standard InChI is InChI=1S/C16H12N4O/c17-6-9-1-3-12-11(5-9)15(16(21)20-12)13-4-2-10-7-18-8-14(10)19-13/h1-5,15,18H,7-8H2,(H,20,21). The lowest BCUT2D eigenvalue weighted by atomic mass is 9.94. The molecule has 1 unspecified atom stereocenters. The molecule has 0 fully saturated rings. The van der Waals surface area contributed by atoms with Crippen LogP contribution in [0.15, 0.2) is 30.3 Å². The summed E-state index contributed by atoms with van der Waals surface area (Å²) in [6, 6.07) is 11.3. The third-order valence-corrected chi connectivity index (χ3v) is 4.01. The molecule has 0 radical (unpaired) electrons. The van der Waals surface area contributed by atoms with E-state index in [9.17, 15) is 4.79 Å². The molecule has 2 aliphatic rings. The average molecular weight is 276 g/mol. The van der Waals surface area contributed by atoms with Gasteiger partial charge < -0.3 is 10.6 Å². The number of anilines is 1. The van der Waals surface area contributed by atoms with Gasteiger partial charge >= 0.3 is 0 Å². The second kappa shape index (κ2) is 4.40. The van der Waals surface area contributed by atoms with Gasteiger partial charge in [0.2, 0.25) is 5.91 Å². The Morgan fingerprint density at radius 1 is 1.24 bits per heavy atom. The van der Waals surface area contributed by atoms with Gasteiger partial charge in [0, 0.05) is 18.8 Å². The molecule has 0 spiro atoms. The molecule has 1 amide bonds. The van der Waals surface area contributed by atoms with Gasteiger partial charge in [-0.3, -0.25) is 9.78 Å². The molecule has 21 heavy (non-hydrogen) atoms. The van der Waals surface area contributed by atoms with Crippen molar-refractivity contribution < 1.29 is 4.79 Å². The van der Waals surface area contributed by atoms with E-state index in [1.54, 1.807) is 18.2 Å². The van der Waals surface area contributed by atoms with Crippen molar-refractivity contribution in [1.29, 1.82) is 5.26 Å². The number of fused-ring (bicyclic) bond motifs is 2. The number of amides is 1. The average Bonchev–Trinajstić information content (AvgIpc) is 3.08. The fourth-order valence-corrected chi connectivity index (χ4v) is 2.96. The van der Waals surface area contributed by atoms with Crippen LogP contribution < -0.4 is 10.6 Å². The molecule has 0 bridgehead atoms. The van der Waals surface area contributed by atoms with Crippen molar-refractivity contribution in [2.45, 2.75) is 19.0 Å². The number of pyridine rings is 1. The van der Waals surface area contributed by atoms with Crippen LogP contribution in [0.3, 0.4) is 0 Å². The molecule has 0 aliphatic carbocycles. The highest BCUT2D eigenvalue weighted by Gasteiger charge is 2.33. The van der Waals surface area contributed by atoms with Crippen LogP contribution in [-0.2, 0) is 17.9 Å². The number of carbonyl (C=O) groups excluding carboxylic acids is 1. The van der Waals surface area contributed by atoms with E-state index in [0.717, 1.165) is 35.7 Å². The van der Waals surface area contributed by atoms with Gasteiger partial charge in [-0.05, 0) is 35.4 Å². The fourth-order valence-electron chi connectivity index (χ4n) is 2.96. The van der Waals surface area contributed by atoms with Crippen LogP contribution in [0.4, 0.5) is 5.69 Å². The molecule has 4 rings (SSSR count). The van der Waals surface area contributed by atoms with Crippen LogP contribution in [0.2, 0.25) is 0 Å². The van der Waals surface area contributed by atoms with Crippen molar-refractivity contribution in [3.8, 4) is 6.07 Å². The molecular weight excluding hydrogens is 264 g/mol. The highest BCUT2D eigenvalue weighted by molar-refractivity contribution is 6.04. The Hall–Kier alpha value is -2.71. The van der Waals surface area contributed by atoms with Crippen molar-refractivity contribution >= 4 is 11.6 Å². The second-order valence-electron chi connectivity index (χ2n) is 5.28. The zero-order valence-corrected chi connectivity index (χ0v) is 11.2. The SMILES string of the molecule is N#Cc1ccc2c(c1)C(c1ccc3c(n1)CNC3)C(=O)N2. The van der Waals surface area contributed by atoms with Crippen molar-refractivity contribution in [3.63, 3.8) is 0 Å². The Balaban J connectivity index is 1.83. The molecule has 1 aromatic heterocycles. The fraction of sp³-hybridized carbons (Fsp3) is 0.188. The Morgan fingerprint density at radius 3 is 3.00 bits per heavy atom. The molecule has 3 heterocycles. The normalized spacial score (nSPS) is 18.8. The minimum absolute atomic E-state index is 0.0847. The lowest BCUT2D eigenvalue weighted by molar-refractivity contribution is -0.116. The van der Waals surface area contributed by atoms with Crippen molar-refractivity contribution in [3.05, 3.63) is 58.4 Å². The number of nitrogens with one attached hydrogen (secondary N) is 2. The number of nitrogens with zero attached hydrogens (tertiary/aromatic N) is 2. The van der Waals surface area contributed by atoms with Crippen LogP contribution in [0.1, 0.15) is 34.0 Å². The maximum absolute atomic E-state index is 12.3. The summed E-state index contributed by atoms with van der Waals surface area (Å²) in [4.78, 5) is 16.9. The highest BCUT2D eigenvalue weighted by atomic mass is 16.2. The zero-order chi connectivity index (χ0) is 14.4. The van der Waals surface area contributed by atoms with Gasteiger partial charge in [-0.2, -0.15) is 5.26 Å². The molecule has 5 heteroatoms. The van der Waals surface area contributed by atoms with Gasteiger partial charge in [-0.25, -0.2) is 0 Å². The van der Waals surface area contributed by atoms with Gasteiger partial charge in [0.1, 0.15) is 5.92 Å². The van der Waals surface area contributed by atoms with Gasteiger partial charge in [0.05, 0.1) is 23.0 Å². The lowest BCUT2D eigenvalue weighted by Gasteiger charge is -2.10. The van der Waals surface area contributed by atoms with Gasteiger partial charge in [0.25, 0.3) is 0 Å². The minimum atomic E-state index is -0.431. The molecule has 1 aromatic carbocycles. The van der Waals surface area contributed by atoms with E-state index in [4.69, 9.17) is 5.26 Å². The monoisotopic (exact) mass is 276 g/mol. The van der Waals surface area contributed by atoms with E-state index >= 15 is 0 Å². The maximum Gasteiger partial charge on any atom is 0.238 e. The third-order valence-electron chi connectivity index (χ3n) is 4.01. The molecule has 5 nitrogen and oxygen atoms in total. The summed E-state index contributed by atoms with van der Waals surface area (Å²) in [5, 5.41) is 15.1. The largest absolute Gasteiger partial charge is 0.325 e. The Morgan fingerprint density at radius 2 is 2.14 bits per heavy atom. The van der Waals surface area contributed by atoms with E-state index in [1.807, 2.05) is 12.1 Å². The third kappa shape index (κ3) is 1.81. The maximum atomic E-state index is 12.3. The van der Waals surface area contributed by atoms with E-state index in [-0.39, 0.29) is 5.91 Å². The Kier molecular flexibility index (Phi) is 2.53. The van der Waals surface area contributed by atoms with Gasteiger partial charge in [-0.1, -0.05) is 6.07 Å². The first-order valence-electron chi connectivity index (χ1n) is 6.80. The number of nitriles is 1. The van der Waals surface area contributed by atoms with Crippen molar-refractivity contribution in [2.24, 2.45) is 0 Å². The summed E-state index contributed by atoms with van der Waals surface area (Å²) in [6.45, 7) is 1.57. The Labute approximate surface area is 121 Å². The van der Waals surface area contributed by atoms with E-state index in [1.165, 1.54) is 5.56 Å². The summed E-state index contributed by atoms with van der Waals surface area (Å²) in [6.07, 6.45) is 0. The minimum Gasteiger partial charge on any atom is -0.325 e. The predicted molar refractivity (Wildman–Crippen MR) is 76.4 cm³/mol. The van der Waals surface area contributed by atoms with E-state index < -0.39 is 5.92 Å². The zero-order valence-electron chi connectivity index (χ0n) is 11.2. The first-order chi connectivity index (χ1) is 10.3. The lowest BCUT2D eigenvalue weighted by Crippen LogP contribution is -2.15. The highest BCUT2D eigenvalue weighted by Crippen LogP contribution is 2.37. The molecule has 2 aromatic rings. The van der Waals surface area contributed by atoms with Crippen LogP contribution in [0.5, 0.6) is 0 Å². The van der Waals surface area contributed by atoms with Crippen LogP contribution in [0, 0.1) is 11.3 Å². The first-order valence-corrected chi connectivity index (χ1v) is 6.80. The van der Waals surface area contributed by atoms with Crippen LogP contribution in [0.25, 0.3) is 0 Å². The molecule has 0 saturated carbocycles. The van der Waals surface area contributed by atoms with E-state index in [0.29, 0.717) is 5.56 Å². The van der Waals surface area contributed by atoms with Crippen molar-refractivity contribution in [2.75, 3.05) is 5.32 Å². The summed E-state index contributed by atoms with van der Waals surface area (Å²) >= 11 is 0. The van der Waals surface area contributed by atoms with E-state index in [2.05, 4.69) is 21.7 Å². The number of aromatic nitrogens is 1. The molecular formula is C16H12N4O. The number of carbonyl (C=O) groups is 1. The number of rotatable bonds is 1. The van der Waals surface area contributed by atoms with Crippen LogP contribution in [-0.4, -0.2) is 10.9 Å². The number of benzene rings is 1. The number of hydrogen-bond acceptors (Lipinski definition) is 4. The Bertz CT molecular complexity index is 806. The van der Waals surface area contributed by atoms with Crippen molar-refractivity contribution in [1.82, 2.24) is 10.3 Å². The predicted octanol–water partition coefficient (Wildman–Crippen LogP) is 1.64. The summed E-state index contributed by atoms with van der Waals surface area (Å²) in [7, 11) is 0. The summed E-state index contributed by atoms with van der Waals surface area (Å²) in [5.41, 5.74) is 5.08. The number of hydrogen-bond donors (Lipinski definition) is 2. The summed E-state index contributed by atoms with van der Waals surface area (Å²) in [5.74, 6) is -0.516. The first kappa shape index (κ1) is 12.1. The van der Waals surface area contributed by atoms with Crippen LogP contribution >= 0.6 is 0 Å². The molecule has 2 N–H and O–H groups in total. The van der Waals surface area contributed by atoms with Gasteiger partial charge in [0.15, 0.2) is 0 Å². The topological polar surface area (TPSA) is 77.8 Å². The second-order valence-corrected chi connectivity index (χ2v) is 5.28. The smallest absolute Gasteiger partial charge is 0.238 e. The summed E-state index contributed by atoms with van der Waals surface area (Å²) < 4.78 is 0. The van der Waals surface area contributed by atoms with Gasteiger partial charge in [-0.15, -0.1) is 0 Å². The molecule has 2 aliphatic heterocycles. The quantitative estimate of drug-likeness (QED) is 0.830. The molecule has 102 valence electrons. The molecule has 1 atom stereocenters. The molecule has 0 saturated heterocycles.